The summed E-state index contributed by atoms with van der Waals surface area (Å²) in [6.45, 7) is 4.25. The van der Waals surface area contributed by atoms with Crippen LogP contribution in [0.15, 0.2) is 78.9 Å². The summed E-state index contributed by atoms with van der Waals surface area (Å²) in [5.41, 5.74) is 4.38. The second-order valence-corrected chi connectivity index (χ2v) is 15.3. The van der Waals surface area contributed by atoms with E-state index in [0.29, 0.717) is 0 Å². The normalized spacial score (nSPS) is 19.6. The first-order valence-electron chi connectivity index (χ1n) is 19.4. The summed E-state index contributed by atoms with van der Waals surface area (Å²) in [7, 11) is 0. The van der Waals surface area contributed by atoms with Gasteiger partial charge in [0.1, 0.15) is 49.8 Å². The summed E-state index contributed by atoms with van der Waals surface area (Å²) < 4.78 is 28.2. The predicted molar refractivity (Wildman–Crippen MR) is 212 cm³/mol. The summed E-state index contributed by atoms with van der Waals surface area (Å²) in [6.07, 6.45) is -2.67. The number of fused-ring (bicyclic) bond motifs is 4. The third kappa shape index (κ3) is 11.8. The zero-order valence-electron chi connectivity index (χ0n) is 33.1. The van der Waals surface area contributed by atoms with Crippen LogP contribution in [-0.4, -0.2) is 118 Å². The maximum Gasteiger partial charge on any atom is 0.408 e. The van der Waals surface area contributed by atoms with Crippen LogP contribution < -0.4 is 31.9 Å². The molecule has 314 valence electrons. The molecule has 2 aliphatic heterocycles. The van der Waals surface area contributed by atoms with Crippen LogP contribution in [0.2, 0.25) is 0 Å². The summed E-state index contributed by atoms with van der Waals surface area (Å²) in [4.78, 5) is 76.0. The highest BCUT2D eigenvalue weighted by molar-refractivity contribution is 5.92. The van der Waals surface area contributed by atoms with Gasteiger partial charge in [0.15, 0.2) is 0 Å². The van der Waals surface area contributed by atoms with Gasteiger partial charge in [0.05, 0.1) is 32.3 Å². The Labute approximate surface area is 341 Å². The maximum absolute atomic E-state index is 13.2. The first-order valence-corrected chi connectivity index (χ1v) is 19.4. The van der Waals surface area contributed by atoms with Crippen molar-refractivity contribution in [1.29, 1.82) is 0 Å². The second kappa shape index (κ2) is 19.6. The summed E-state index contributed by atoms with van der Waals surface area (Å²) in [6, 6.07) is 23.3. The number of hydrogen-bond acceptors (Lipinski definition) is 11. The molecule has 0 unspecified atom stereocenters. The fourth-order valence-corrected chi connectivity index (χ4v) is 7.12. The highest BCUT2D eigenvalue weighted by atomic mass is 16.6. The molecule has 6 rings (SSSR count). The zero-order valence-corrected chi connectivity index (χ0v) is 33.1. The van der Waals surface area contributed by atoms with Gasteiger partial charge in [-0.25, -0.2) is 9.59 Å². The molecule has 17 heteroatoms. The van der Waals surface area contributed by atoms with Gasteiger partial charge in [0.25, 0.3) is 0 Å². The van der Waals surface area contributed by atoms with Crippen LogP contribution >= 0.6 is 0 Å². The van der Waals surface area contributed by atoms with E-state index in [4.69, 9.17) is 23.7 Å². The quantitative estimate of drug-likeness (QED) is 0.114. The number of alkyl carbamates (subject to hydrolysis) is 2. The summed E-state index contributed by atoms with van der Waals surface area (Å²) >= 11 is 0. The molecule has 0 bridgehead atoms. The molecule has 3 aromatic rings. The number of carbonyl (C=O) groups excluding carboxylic acids is 6. The van der Waals surface area contributed by atoms with Crippen molar-refractivity contribution in [3.8, 4) is 11.1 Å². The Kier molecular flexibility index (Phi) is 14.1. The first kappa shape index (κ1) is 42.6. The lowest BCUT2D eigenvalue weighted by Crippen LogP contribution is -2.52. The van der Waals surface area contributed by atoms with E-state index in [0.717, 1.165) is 27.8 Å². The molecular weight excluding hydrogens is 764 g/mol. The van der Waals surface area contributed by atoms with E-state index in [1.807, 2.05) is 54.6 Å². The molecule has 0 spiro atoms. The Morgan fingerprint density at radius 1 is 0.695 bits per heavy atom. The molecular formula is C42H50N6O11. The van der Waals surface area contributed by atoms with Crippen LogP contribution in [0.3, 0.4) is 0 Å². The molecule has 6 amide bonds. The fraction of sp³-hybridized carbons (Fsp3) is 0.429. The number of carbonyl (C=O) groups is 6. The molecule has 2 fully saturated rings. The van der Waals surface area contributed by atoms with Crippen molar-refractivity contribution < 1.29 is 52.5 Å². The lowest BCUT2D eigenvalue weighted by molar-refractivity contribution is -0.131. The van der Waals surface area contributed by atoms with Gasteiger partial charge < -0.3 is 55.6 Å². The average Bonchev–Trinajstić information content (AvgIpc) is 3.90. The van der Waals surface area contributed by atoms with Crippen LogP contribution in [-0.2, 0) is 49.3 Å². The van der Waals surface area contributed by atoms with Gasteiger partial charge >= 0.3 is 12.2 Å². The van der Waals surface area contributed by atoms with Gasteiger partial charge in [0, 0.05) is 12.3 Å². The minimum absolute atomic E-state index is 0.0780. The van der Waals surface area contributed by atoms with Gasteiger partial charge in [-0.15, -0.1) is 0 Å². The van der Waals surface area contributed by atoms with E-state index in [-0.39, 0.29) is 38.9 Å². The Morgan fingerprint density at radius 3 is 2.00 bits per heavy atom. The van der Waals surface area contributed by atoms with Gasteiger partial charge in [-0.3, -0.25) is 19.2 Å². The summed E-state index contributed by atoms with van der Waals surface area (Å²) in [5.74, 6) is -2.63. The fourth-order valence-electron chi connectivity index (χ4n) is 7.12. The Hall–Kier alpha value is -6.04. The number of hydrogen-bond donors (Lipinski definition) is 6. The van der Waals surface area contributed by atoms with Crippen molar-refractivity contribution in [1.82, 2.24) is 31.9 Å². The number of amides is 6. The van der Waals surface area contributed by atoms with Crippen LogP contribution in [0.1, 0.15) is 43.4 Å². The number of ether oxygens (including phenoxy) is 5. The smallest absolute Gasteiger partial charge is 0.408 e. The number of benzene rings is 3. The third-order valence-corrected chi connectivity index (χ3v) is 9.82. The van der Waals surface area contributed by atoms with Crippen molar-refractivity contribution in [3.05, 3.63) is 95.6 Å². The van der Waals surface area contributed by atoms with Crippen molar-refractivity contribution in [3.63, 3.8) is 0 Å². The van der Waals surface area contributed by atoms with Crippen LogP contribution in [0.5, 0.6) is 0 Å². The molecule has 3 aliphatic rings. The van der Waals surface area contributed by atoms with E-state index in [2.05, 4.69) is 31.9 Å². The van der Waals surface area contributed by atoms with Crippen molar-refractivity contribution in [2.45, 2.75) is 69.1 Å². The van der Waals surface area contributed by atoms with E-state index >= 15 is 0 Å². The van der Waals surface area contributed by atoms with Crippen LogP contribution in [0, 0.1) is 0 Å². The number of rotatable bonds is 16. The molecule has 6 N–H and O–H groups in total. The molecule has 0 radical (unpaired) electrons. The average molecular weight is 815 g/mol. The molecule has 3 aromatic carbocycles. The third-order valence-electron chi connectivity index (χ3n) is 9.82. The van der Waals surface area contributed by atoms with Gasteiger partial charge in [-0.2, -0.15) is 0 Å². The first-order chi connectivity index (χ1) is 28.3. The predicted octanol–water partition coefficient (Wildman–Crippen LogP) is 1.63. The highest BCUT2D eigenvalue weighted by Crippen LogP contribution is 2.44. The molecule has 59 heavy (non-hydrogen) atoms. The molecule has 1 aliphatic carbocycles. The van der Waals surface area contributed by atoms with E-state index in [1.165, 1.54) is 0 Å². The van der Waals surface area contributed by atoms with Gasteiger partial charge in [0.2, 0.25) is 23.6 Å². The van der Waals surface area contributed by atoms with Crippen molar-refractivity contribution in [2.75, 3.05) is 46.2 Å². The monoisotopic (exact) mass is 814 g/mol. The summed E-state index contributed by atoms with van der Waals surface area (Å²) in [5, 5.41) is 15.3. The maximum atomic E-state index is 13.2. The molecule has 0 saturated carbocycles. The largest absolute Gasteiger partial charge is 0.449 e. The second-order valence-electron chi connectivity index (χ2n) is 15.3. The molecule has 2 saturated heterocycles. The van der Waals surface area contributed by atoms with Crippen LogP contribution in [0.25, 0.3) is 11.1 Å². The van der Waals surface area contributed by atoms with Gasteiger partial charge in [-0.1, -0.05) is 78.9 Å². The zero-order chi connectivity index (χ0) is 41.9. The lowest BCUT2D eigenvalue weighted by atomic mass is 9.98. The SMILES string of the molecule is CC(C)(C)OC(=O)N[C@H]1CO[C@H]2[C@@H]1OC[C@H]2OCNC(=O)CNC(=O)[C@H](Cc1ccccc1)NC(=O)CNC(=O)CNC(=O)OCC1c2ccccc2-c2ccccc21. The Bertz CT molecular complexity index is 1940. The van der Waals surface area contributed by atoms with E-state index in [9.17, 15) is 28.8 Å². The number of nitrogens with one attached hydrogen (secondary N) is 6. The van der Waals surface area contributed by atoms with E-state index in [1.54, 1.807) is 45.0 Å². The van der Waals surface area contributed by atoms with Crippen molar-refractivity contribution >= 4 is 35.8 Å². The van der Waals surface area contributed by atoms with Crippen LogP contribution in [0.4, 0.5) is 9.59 Å². The topological polar surface area (TPSA) is 221 Å². The molecule has 2 heterocycles. The molecule has 0 aromatic heterocycles. The minimum atomic E-state index is -1.08. The molecule has 5 atom stereocenters. The minimum Gasteiger partial charge on any atom is -0.449 e. The van der Waals surface area contributed by atoms with Gasteiger partial charge in [-0.05, 0) is 48.6 Å². The standard InChI is InChI=1S/C42H50N6O11/c1-42(2,3)59-41(54)48-32-22-55-38-33(23-56-37(32)38)58-24-46-35(50)18-44-39(52)31(17-25-11-5-4-6-12-25)47-36(51)20-43-34(49)19-45-40(53)57-21-30-28-15-9-7-13-26(28)27-14-8-10-16-29(27)30/h4-16,30-33,37-38H,17-24H2,1-3H3,(H,43,49)(H,44,52)(H,45,53)(H,46,50)(H,47,51)(H,48,54)/t31-,32-,33+,37+,38+/m0/s1. The molecule has 17 nitrogen and oxygen atoms in total. The van der Waals surface area contributed by atoms with Crippen molar-refractivity contribution in [2.24, 2.45) is 0 Å². The van der Waals surface area contributed by atoms with E-state index < -0.39 is 91.4 Å². The lowest BCUT2D eigenvalue weighted by Gasteiger charge is -2.23. The highest BCUT2D eigenvalue weighted by Gasteiger charge is 2.49. The Morgan fingerprint density at radius 2 is 1.31 bits per heavy atom. The Balaban J connectivity index is 0.894.